The molecule has 33 heavy (non-hydrogen) atoms. The van der Waals surface area contributed by atoms with Crippen molar-refractivity contribution in [3.05, 3.63) is 0 Å². The van der Waals surface area contributed by atoms with Gasteiger partial charge in [0.1, 0.15) is 0 Å². The van der Waals surface area contributed by atoms with Crippen LogP contribution in [0.15, 0.2) is 0 Å². The van der Waals surface area contributed by atoms with E-state index in [2.05, 4.69) is 63.7 Å². The van der Waals surface area contributed by atoms with Gasteiger partial charge in [0.25, 0.3) is 0 Å². The third-order valence-corrected chi connectivity index (χ3v) is 12.2. The molecule has 0 fully saturated rings. The molecule has 6 unspecified atom stereocenters. The summed E-state index contributed by atoms with van der Waals surface area (Å²) in [6, 6.07) is 0. The zero-order valence-corrected chi connectivity index (χ0v) is 28.5. The molecular weight excluding hydrogens is 785 g/mol. The number of alkyl halides is 6. The quantitative estimate of drug-likeness (QED) is 0.0906. The van der Waals surface area contributed by atoms with Crippen molar-refractivity contribution in [2.24, 2.45) is 5.41 Å². The van der Waals surface area contributed by atoms with E-state index >= 15 is 0 Å². The van der Waals surface area contributed by atoms with Crippen LogP contribution in [-0.4, -0.2) is 70.7 Å². The lowest BCUT2D eigenvalue weighted by atomic mass is 9.97. The summed E-state index contributed by atoms with van der Waals surface area (Å²) in [6.45, 7) is 6.51. The first-order chi connectivity index (χ1) is 15.4. The summed E-state index contributed by atoms with van der Waals surface area (Å²) in [5.74, 6) is 0.208. The van der Waals surface area contributed by atoms with Crippen molar-refractivity contribution in [2.75, 3.05) is 46.3 Å². The Labute approximate surface area is 240 Å². The Kier molecular flexibility index (Phi) is 19.6. The normalized spacial score (nSPS) is 19.9. The lowest BCUT2D eigenvalue weighted by Gasteiger charge is -2.33. The minimum Gasteiger partial charge on any atom is -0.286 e. The summed E-state index contributed by atoms with van der Waals surface area (Å²) in [5, 5.41) is 1.52. The van der Waals surface area contributed by atoms with E-state index in [1.807, 2.05) is 0 Å². The Morgan fingerprint density at radius 3 is 1.21 bits per heavy atom. The number of hydrogen-bond donors (Lipinski definition) is 0. The Morgan fingerprint density at radius 2 is 0.970 bits per heavy atom. The molecule has 8 nitrogen and oxygen atoms in total. The Balaban J connectivity index is 5.57. The maximum absolute atomic E-state index is 13.3. The molecule has 0 bridgehead atoms. The molecule has 16 heteroatoms. The second-order valence-corrected chi connectivity index (χ2v) is 13.7. The van der Waals surface area contributed by atoms with Crippen LogP contribution in [0, 0.1) is 5.41 Å². The lowest BCUT2D eigenvalue weighted by Crippen LogP contribution is -2.36. The summed E-state index contributed by atoms with van der Waals surface area (Å²) in [5.41, 5.74) is -0.825. The van der Waals surface area contributed by atoms with Crippen molar-refractivity contribution >= 4 is 103 Å². The van der Waals surface area contributed by atoms with Crippen molar-refractivity contribution in [2.45, 2.75) is 52.1 Å². The van der Waals surface area contributed by atoms with Gasteiger partial charge in [-0.1, -0.05) is 63.7 Å². The molecule has 0 amide bonds. The van der Waals surface area contributed by atoms with Gasteiger partial charge in [-0.25, -0.2) is 9.13 Å². The fourth-order valence-corrected chi connectivity index (χ4v) is 7.65. The van der Waals surface area contributed by atoms with Crippen LogP contribution in [0.1, 0.15) is 27.7 Å². The number of hydrogen-bond acceptors (Lipinski definition) is 8. The van der Waals surface area contributed by atoms with E-state index in [-0.39, 0.29) is 25.0 Å². The number of rotatable bonds is 20. The summed E-state index contributed by atoms with van der Waals surface area (Å²) < 4.78 is 59.9. The van der Waals surface area contributed by atoms with Gasteiger partial charge in [-0.2, -0.15) is 0 Å². The van der Waals surface area contributed by atoms with E-state index in [1.54, 1.807) is 27.7 Å². The van der Waals surface area contributed by atoms with E-state index in [1.165, 1.54) is 0 Å². The minimum atomic E-state index is -3.97. The van der Waals surface area contributed by atoms with Gasteiger partial charge in [0.05, 0.1) is 37.6 Å². The highest BCUT2D eigenvalue weighted by atomic mass is 79.9. The number of halogens is 6. The Bertz CT molecular complexity index is 556. The van der Waals surface area contributed by atoms with E-state index in [4.69, 9.17) is 50.3 Å². The van der Waals surface area contributed by atoms with Gasteiger partial charge in [-0.05, 0) is 27.7 Å². The fourth-order valence-electron chi connectivity index (χ4n) is 1.83. The molecule has 0 radical (unpaired) electrons. The van der Waals surface area contributed by atoms with E-state index < -0.39 is 45.5 Å². The standard InChI is InChI=1S/C17H32Br4Cl2O8P2/c1-13(5-18)28-32(24,30-15(3)7-22)26-11-17(9-20,10-21)12-27-33(25,29-14(2)6-19)31-16(4)8-23/h13-16H,5-12H2,1-4H3. The number of phosphoric ester groups is 2. The first kappa shape index (κ1) is 35.7. The maximum atomic E-state index is 13.3. The summed E-state index contributed by atoms with van der Waals surface area (Å²) in [4.78, 5) is 0. The highest BCUT2D eigenvalue weighted by molar-refractivity contribution is 9.10. The van der Waals surface area contributed by atoms with Crippen LogP contribution >= 0.6 is 103 Å². The molecule has 6 atom stereocenters. The van der Waals surface area contributed by atoms with Crippen LogP contribution in [0.3, 0.4) is 0 Å². The average Bonchev–Trinajstić information content (AvgIpc) is 2.79. The topological polar surface area (TPSA) is 89.5 Å². The first-order valence-corrected chi connectivity index (χ1v) is 18.4. The molecule has 0 aliphatic carbocycles. The molecule has 0 rings (SSSR count). The van der Waals surface area contributed by atoms with Gasteiger partial charge in [0, 0.05) is 38.5 Å². The molecule has 0 saturated heterocycles. The van der Waals surface area contributed by atoms with E-state index in [9.17, 15) is 9.13 Å². The maximum Gasteiger partial charge on any atom is 0.475 e. The molecule has 0 spiro atoms. The average molecular weight is 817 g/mol. The van der Waals surface area contributed by atoms with Crippen LogP contribution in [0.2, 0.25) is 0 Å². The summed E-state index contributed by atoms with van der Waals surface area (Å²) in [7, 11) is -7.95. The van der Waals surface area contributed by atoms with Gasteiger partial charge < -0.3 is 0 Å². The molecule has 0 heterocycles. The van der Waals surface area contributed by atoms with E-state index in [0.29, 0.717) is 21.3 Å². The molecule has 0 aromatic rings. The zero-order chi connectivity index (χ0) is 25.7. The number of phosphoric acid groups is 2. The van der Waals surface area contributed by atoms with Crippen LogP contribution in [0.5, 0.6) is 0 Å². The van der Waals surface area contributed by atoms with Crippen molar-refractivity contribution in [1.82, 2.24) is 0 Å². The SMILES string of the molecule is CC(CCl)OP(=O)(OCC(CBr)(CBr)COP(=O)(OC(C)CCl)OC(C)CBr)OC(C)CBr. The van der Waals surface area contributed by atoms with Crippen LogP contribution < -0.4 is 0 Å². The summed E-state index contributed by atoms with van der Waals surface area (Å²) >= 11 is 25.0. The third kappa shape index (κ3) is 14.4. The van der Waals surface area contributed by atoms with Crippen LogP contribution in [0.25, 0.3) is 0 Å². The minimum absolute atomic E-state index is 0.104. The second kappa shape index (κ2) is 18.1. The summed E-state index contributed by atoms with van der Waals surface area (Å²) in [6.07, 6.45) is -2.02. The molecule has 0 aliphatic heterocycles. The first-order valence-electron chi connectivity index (χ1n) is 9.94. The van der Waals surface area contributed by atoms with Gasteiger partial charge in [-0.3, -0.25) is 27.1 Å². The molecular formula is C17H32Br4Cl2O8P2. The predicted octanol–water partition coefficient (Wildman–Crippen LogP) is 7.90. The van der Waals surface area contributed by atoms with Gasteiger partial charge in [0.2, 0.25) is 0 Å². The van der Waals surface area contributed by atoms with Crippen molar-refractivity contribution < 1.29 is 36.3 Å². The highest BCUT2D eigenvalue weighted by Gasteiger charge is 2.40. The van der Waals surface area contributed by atoms with Crippen LogP contribution in [-0.2, 0) is 36.3 Å². The smallest absolute Gasteiger partial charge is 0.286 e. The largest absolute Gasteiger partial charge is 0.475 e. The zero-order valence-electron chi connectivity index (χ0n) is 18.9. The molecule has 0 N–H and O–H groups in total. The molecule has 0 saturated carbocycles. The molecule has 0 aromatic heterocycles. The van der Waals surface area contributed by atoms with Crippen molar-refractivity contribution in [1.29, 1.82) is 0 Å². The van der Waals surface area contributed by atoms with E-state index in [0.717, 1.165) is 0 Å². The molecule has 0 aromatic carbocycles. The third-order valence-electron chi connectivity index (χ3n) is 3.73. The highest BCUT2D eigenvalue weighted by Crippen LogP contribution is 2.55. The fraction of sp³-hybridized carbons (Fsp3) is 1.00. The lowest BCUT2D eigenvalue weighted by molar-refractivity contribution is 0.0236. The van der Waals surface area contributed by atoms with Gasteiger partial charge in [-0.15, -0.1) is 23.2 Å². The second-order valence-electron chi connectivity index (χ2n) is 7.49. The Morgan fingerprint density at radius 1 is 0.667 bits per heavy atom. The van der Waals surface area contributed by atoms with Crippen molar-refractivity contribution in [3.8, 4) is 0 Å². The Hall–Kier alpha value is 2.72. The monoisotopic (exact) mass is 812 g/mol. The molecule has 200 valence electrons. The van der Waals surface area contributed by atoms with Crippen molar-refractivity contribution in [3.63, 3.8) is 0 Å². The van der Waals surface area contributed by atoms with Gasteiger partial charge in [0.15, 0.2) is 0 Å². The predicted molar refractivity (Wildman–Crippen MR) is 148 cm³/mol. The van der Waals surface area contributed by atoms with Crippen LogP contribution in [0.4, 0.5) is 0 Å². The molecule has 0 aliphatic rings. The van der Waals surface area contributed by atoms with Gasteiger partial charge >= 0.3 is 15.6 Å².